The number of nitrogens with one attached hydrogen (secondary N) is 1. The van der Waals surface area contributed by atoms with Crippen LogP contribution in [0.25, 0.3) is 11.4 Å². The summed E-state index contributed by atoms with van der Waals surface area (Å²) < 4.78 is 16.0. The second kappa shape index (κ2) is 7.59. The van der Waals surface area contributed by atoms with Crippen LogP contribution in [0.5, 0.6) is 11.5 Å². The fourth-order valence-electron chi connectivity index (χ4n) is 3.09. The number of anilines is 1. The molecule has 0 spiro atoms. The highest BCUT2D eigenvalue weighted by Crippen LogP contribution is 2.35. The van der Waals surface area contributed by atoms with Crippen molar-refractivity contribution in [2.24, 2.45) is 0 Å². The smallest absolute Gasteiger partial charge is 0.321 e. The van der Waals surface area contributed by atoms with E-state index in [0.717, 1.165) is 5.56 Å². The summed E-state index contributed by atoms with van der Waals surface area (Å²) in [5.41, 5.74) is 1.45. The maximum Gasteiger partial charge on any atom is 0.321 e. The Morgan fingerprint density at radius 3 is 2.61 bits per heavy atom. The number of carbonyl (C=O) groups excluding carboxylic acids is 1. The molecule has 8 nitrogen and oxygen atoms in total. The third kappa shape index (κ3) is 3.36. The molecule has 1 N–H and O–H groups in total. The molecule has 0 unspecified atom stereocenters. The lowest BCUT2D eigenvalue weighted by Crippen LogP contribution is -2.50. The number of nitrogens with zero attached hydrogens (tertiary/aromatic N) is 3. The van der Waals surface area contributed by atoms with E-state index in [4.69, 9.17) is 14.0 Å². The van der Waals surface area contributed by atoms with Gasteiger partial charge in [-0.05, 0) is 12.1 Å². The topological polar surface area (TPSA) is 89.7 Å². The molecule has 0 aliphatic carbocycles. The minimum absolute atomic E-state index is 0.0305. The van der Waals surface area contributed by atoms with Crippen molar-refractivity contribution in [2.45, 2.75) is 5.92 Å². The number of carbonyl (C=O) groups is 1. The van der Waals surface area contributed by atoms with E-state index >= 15 is 0 Å². The number of likely N-dealkylation sites (tertiary alicyclic amines) is 1. The van der Waals surface area contributed by atoms with Crippen molar-refractivity contribution in [3.8, 4) is 22.9 Å². The van der Waals surface area contributed by atoms with Crippen molar-refractivity contribution in [3.63, 3.8) is 0 Å². The number of urea groups is 1. The van der Waals surface area contributed by atoms with Crippen LogP contribution in [0.2, 0.25) is 0 Å². The van der Waals surface area contributed by atoms with Gasteiger partial charge in [0.1, 0.15) is 0 Å². The lowest BCUT2D eigenvalue weighted by atomic mass is 10.0. The summed E-state index contributed by atoms with van der Waals surface area (Å²) in [7, 11) is 3.09. The van der Waals surface area contributed by atoms with E-state index < -0.39 is 0 Å². The first-order valence-electron chi connectivity index (χ1n) is 8.85. The first-order chi connectivity index (χ1) is 13.7. The highest BCUT2D eigenvalue weighted by atomic mass is 16.5. The molecule has 2 aromatic carbocycles. The quantitative estimate of drug-likeness (QED) is 0.730. The van der Waals surface area contributed by atoms with Gasteiger partial charge in [-0.3, -0.25) is 0 Å². The van der Waals surface area contributed by atoms with Crippen LogP contribution in [-0.4, -0.2) is 48.4 Å². The molecule has 1 aliphatic heterocycles. The second-order valence-electron chi connectivity index (χ2n) is 6.40. The van der Waals surface area contributed by atoms with Crippen molar-refractivity contribution in [2.75, 3.05) is 32.6 Å². The van der Waals surface area contributed by atoms with Gasteiger partial charge in [-0.25, -0.2) is 4.79 Å². The highest BCUT2D eigenvalue weighted by Gasteiger charge is 2.36. The molecule has 1 aliphatic rings. The van der Waals surface area contributed by atoms with Crippen LogP contribution in [-0.2, 0) is 0 Å². The molecular formula is C20H20N4O4. The molecule has 1 aromatic heterocycles. The fraction of sp³-hybridized carbons (Fsp3) is 0.250. The van der Waals surface area contributed by atoms with Crippen LogP contribution in [0.4, 0.5) is 10.5 Å². The van der Waals surface area contributed by atoms with Crippen molar-refractivity contribution in [1.29, 1.82) is 0 Å². The Hall–Kier alpha value is -3.55. The first kappa shape index (κ1) is 17.8. The first-order valence-corrected chi connectivity index (χ1v) is 8.85. The Morgan fingerprint density at radius 2 is 1.89 bits per heavy atom. The minimum Gasteiger partial charge on any atom is -0.493 e. The van der Waals surface area contributed by atoms with Gasteiger partial charge in [0.2, 0.25) is 11.7 Å². The third-order valence-corrected chi connectivity index (χ3v) is 4.64. The van der Waals surface area contributed by atoms with E-state index in [-0.39, 0.29) is 11.9 Å². The zero-order chi connectivity index (χ0) is 19.5. The van der Waals surface area contributed by atoms with Gasteiger partial charge in [0.05, 0.1) is 25.8 Å². The molecule has 0 atom stereocenters. The summed E-state index contributed by atoms with van der Waals surface area (Å²) in [6.07, 6.45) is 0. The number of benzene rings is 2. The van der Waals surface area contributed by atoms with E-state index in [1.54, 1.807) is 30.2 Å². The Labute approximate surface area is 162 Å². The normalized spacial score (nSPS) is 13.7. The molecule has 0 saturated carbocycles. The SMILES string of the molecule is COc1cccc(NC(=O)N2CC(c3nc(-c4ccccc4)no3)C2)c1OC. The number of para-hydroxylation sites is 1. The molecule has 2 amide bonds. The largest absolute Gasteiger partial charge is 0.493 e. The monoisotopic (exact) mass is 380 g/mol. The van der Waals surface area contributed by atoms with Crippen molar-refractivity contribution in [1.82, 2.24) is 15.0 Å². The number of methoxy groups -OCH3 is 2. The zero-order valence-electron chi connectivity index (χ0n) is 15.6. The average Bonchev–Trinajstić information content (AvgIpc) is 3.17. The maximum atomic E-state index is 12.5. The molecule has 0 bridgehead atoms. The van der Waals surface area contributed by atoms with Crippen LogP contribution in [0, 0.1) is 0 Å². The molecule has 1 saturated heterocycles. The summed E-state index contributed by atoms with van der Waals surface area (Å²) in [5, 5.41) is 6.89. The molecular weight excluding hydrogens is 360 g/mol. The number of aromatic nitrogens is 2. The molecule has 0 radical (unpaired) electrons. The fourth-order valence-corrected chi connectivity index (χ4v) is 3.09. The number of amides is 2. The van der Waals surface area contributed by atoms with E-state index in [1.165, 1.54) is 7.11 Å². The van der Waals surface area contributed by atoms with Gasteiger partial charge in [0, 0.05) is 18.7 Å². The summed E-state index contributed by atoms with van der Waals surface area (Å²) in [5.74, 6) is 2.17. The van der Waals surface area contributed by atoms with Crippen LogP contribution in [0.15, 0.2) is 53.1 Å². The Balaban J connectivity index is 1.38. The molecule has 144 valence electrons. The van der Waals surface area contributed by atoms with Crippen molar-refractivity contribution in [3.05, 3.63) is 54.4 Å². The van der Waals surface area contributed by atoms with Crippen LogP contribution in [0.1, 0.15) is 11.8 Å². The number of hydrogen-bond donors (Lipinski definition) is 1. The lowest BCUT2D eigenvalue weighted by molar-refractivity contribution is 0.147. The summed E-state index contributed by atoms with van der Waals surface area (Å²) in [6.45, 7) is 1.02. The summed E-state index contributed by atoms with van der Waals surface area (Å²) >= 11 is 0. The predicted octanol–water partition coefficient (Wildman–Crippen LogP) is 3.39. The summed E-state index contributed by atoms with van der Waals surface area (Å²) in [4.78, 5) is 18.7. The van der Waals surface area contributed by atoms with Crippen molar-refractivity contribution < 1.29 is 18.8 Å². The Bertz CT molecular complexity index is 967. The van der Waals surface area contributed by atoms with E-state index in [2.05, 4.69) is 15.5 Å². The minimum atomic E-state index is -0.217. The van der Waals surface area contributed by atoms with Gasteiger partial charge >= 0.3 is 6.03 Å². The maximum absolute atomic E-state index is 12.5. The van der Waals surface area contributed by atoms with E-state index in [0.29, 0.717) is 42.0 Å². The van der Waals surface area contributed by atoms with Gasteiger partial charge in [0.15, 0.2) is 11.5 Å². The standard InChI is InChI=1S/C20H20N4O4/c1-26-16-10-6-9-15(17(16)27-2)21-20(25)24-11-14(12-24)19-22-18(23-28-19)13-7-4-3-5-8-13/h3-10,14H,11-12H2,1-2H3,(H,21,25). The third-order valence-electron chi connectivity index (χ3n) is 4.64. The molecule has 4 rings (SSSR count). The van der Waals surface area contributed by atoms with Crippen LogP contribution in [0.3, 0.4) is 0 Å². The van der Waals surface area contributed by atoms with E-state index in [1.807, 2.05) is 30.3 Å². The van der Waals surface area contributed by atoms with Gasteiger partial charge in [-0.2, -0.15) is 4.98 Å². The van der Waals surface area contributed by atoms with Crippen molar-refractivity contribution >= 4 is 11.7 Å². The molecule has 1 fully saturated rings. The van der Waals surface area contributed by atoms with E-state index in [9.17, 15) is 4.79 Å². The van der Waals surface area contributed by atoms with Crippen LogP contribution < -0.4 is 14.8 Å². The van der Waals surface area contributed by atoms with Crippen LogP contribution >= 0.6 is 0 Å². The number of ether oxygens (including phenoxy) is 2. The number of rotatable bonds is 5. The summed E-state index contributed by atoms with van der Waals surface area (Å²) in [6, 6.07) is 14.7. The van der Waals surface area contributed by atoms with Gasteiger partial charge in [-0.1, -0.05) is 41.6 Å². The predicted molar refractivity (Wildman–Crippen MR) is 103 cm³/mol. The second-order valence-corrected chi connectivity index (χ2v) is 6.40. The molecule has 8 heteroatoms. The van der Waals surface area contributed by atoms with Gasteiger partial charge < -0.3 is 24.2 Å². The Kier molecular flexibility index (Phi) is 4.84. The Morgan fingerprint density at radius 1 is 1.11 bits per heavy atom. The average molecular weight is 380 g/mol. The van der Waals surface area contributed by atoms with Gasteiger partial charge in [0.25, 0.3) is 0 Å². The molecule has 3 aromatic rings. The lowest BCUT2D eigenvalue weighted by Gasteiger charge is -2.37. The van der Waals surface area contributed by atoms with Gasteiger partial charge in [-0.15, -0.1) is 0 Å². The molecule has 28 heavy (non-hydrogen) atoms. The highest BCUT2D eigenvalue weighted by molar-refractivity contribution is 5.92. The molecule has 2 heterocycles. The zero-order valence-corrected chi connectivity index (χ0v) is 15.6. The number of hydrogen-bond acceptors (Lipinski definition) is 6.